The summed E-state index contributed by atoms with van der Waals surface area (Å²) in [5, 5.41) is 11.4. The van der Waals surface area contributed by atoms with E-state index in [-0.39, 0.29) is 12.5 Å². The van der Waals surface area contributed by atoms with Gasteiger partial charge in [0, 0.05) is 19.7 Å². The van der Waals surface area contributed by atoms with E-state index in [2.05, 4.69) is 5.32 Å². The van der Waals surface area contributed by atoms with Crippen LogP contribution in [0.25, 0.3) is 6.08 Å². The van der Waals surface area contributed by atoms with Crippen LogP contribution in [0, 0.1) is 11.3 Å². The van der Waals surface area contributed by atoms with E-state index in [1.807, 2.05) is 30.3 Å². The summed E-state index contributed by atoms with van der Waals surface area (Å²) in [6.07, 6.45) is 3.15. The Hall–Kier alpha value is -3.30. The molecule has 140 valence electrons. The Balaban J connectivity index is 1.91. The minimum atomic E-state index is -0.195. The van der Waals surface area contributed by atoms with Crippen LogP contribution in [0.3, 0.4) is 0 Å². The molecule has 2 aromatic rings. The first-order valence-corrected chi connectivity index (χ1v) is 8.36. The Morgan fingerprint density at radius 3 is 2.52 bits per heavy atom. The van der Waals surface area contributed by atoms with Gasteiger partial charge in [-0.15, -0.1) is 0 Å². The number of nitrogens with zero attached hydrogens (tertiary/aromatic N) is 1. The number of carbonyl (C=O) groups is 1. The average molecular weight is 366 g/mol. The zero-order chi connectivity index (χ0) is 19.5. The van der Waals surface area contributed by atoms with Gasteiger partial charge in [-0.1, -0.05) is 30.3 Å². The molecule has 0 aliphatic heterocycles. The molecule has 27 heavy (non-hydrogen) atoms. The Kier molecular flexibility index (Phi) is 7.89. The lowest BCUT2D eigenvalue weighted by Gasteiger charge is -2.08. The predicted molar refractivity (Wildman–Crippen MR) is 102 cm³/mol. The summed E-state index contributed by atoms with van der Waals surface area (Å²) in [6.45, 7) is 0.959. The summed E-state index contributed by atoms with van der Waals surface area (Å²) in [5.74, 6) is 0.793. The molecule has 0 aliphatic carbocycles. The highest BCUT2D eigenvalue weighted by Gasteiger charge is 2.05. The van der Waals surface area contributed by atoms with E-state index in [1.165, 1.54) is 13.2 Å². The van der Waals surface area contributed by atoms with Crippen molar-refractivity contribution < 1.29 is 19.0 Å². The van der Waals surface area contributed by atoms with Crippen molar-refractivity contribution >= 4 is 12.0 Å². The fourth-order valence-corrected chi connectivity index (χ4v) is 2.36. The summed E-state index contributed by atoms with van der Waals surface area (Å²) in [5.41, 5.74) is 2.89. The van der Waals surface area contributed by atoms with Crippen LogP contribution in [-0.2, 0) is 22.7 Å². The van der Waals surface area contributed by atoms with Crippen LogP contribution in [0.4, 0.5) is 0 Å². The third kappa shape index (κ3) is 6.49. The first kappa shape index (κ1) is 20.0. The normalized spacial score (nSPS) is 10.4. The van der Waals surface area contributed by atoms with Crippen LogP contribution in [-0.4, -0.2) is 26.7 Å². The molecule has 0 aromatic heterocycles. The molecule has 0 radical (unpaired) electrons. The largest absolute Gasteiger partial charge is 0.493 e. The number of ether oxygens (including phenoxy) is 3. The van der Waals surface area contributed by atoms with Crippen molar-refractivity contribution in [2.24, 2.45) is 0 Å². The van der Waals surface area contributed by atoms with Crippen LogP contribution in [0.2, 0.25) is 0 Å². The number of amides is 1. The van der Waals surface area contributed by atoms with E-state index in [0.717, 1.165) is 16.7 Å². The first-order valence-electron chi connectivity index (χ1n) is 8.36. The van der Waals surface area contributed by atoms with Crippen LogP contribution in [0.5, 0.6) is 11.5 Å². The lowest BCUT2D eigenvalue weighted by atomic mass is 10.1. The number of benzene rings is 2. The van der Waals surface area contributed by atoms with Gasteiger partial charge in [0.15, 0.2) is 18.1 Å². The van der Waals surface area contributed by atoms with Gasteiger partial charge >= 0.3 is 0 Å². The van der Waals surface area contributed by atoms with Gasteiger partial charge in [-0.25, -0.2) is 0 Å². The second-order valence-electron chi connectivity index (χ2n) is 5.66. The molecule has 0 saturated carbocycles. The number of hydrogen-bond donors (Lipinski definition) is 1. The van der Waals surface area contributed by atoms with Crippen molar-refractivity contribution in [3.63, 3.8) is 0 Å². The summed E-state index contributed by atoms with van der Waals surface area (Å²) in [6, 6.07) is 15.0. The molecule has 1 N–H and O–H groups in total. The maximum absolute atomic E-state index is 12.0. The van der Waals surface area contributed by atoms with E-state index in [4.69, 9.17) is 19.5 Å². The summed E-state index contributed by atoms with van der Waals surface area (Å²) in [4.78, 5) is 12.0. The van der Waals surface area contributed by atoms with Crippen molar-refractivity contribution in [1.29, 1.82) is 5.26 Å². The standard InChI is InChI=1S/C21H22N2O4/c1-25-15-18-5-3-17(4-6-18)14-23-21(24)10-8-16-7-9-19(27-12-11-22)20(13-16)26-2/h3-10,13H,12,14-15H2,1-2H3,(H,23,24)/b10-8+. The van der Waals surface area contributed by atoms with Crippen molar-refractivity contribution in [3.05, 3.63) is 65.2 Å². The second-order valence-corrected chi connectivity index (χ2v) is 5.66. The van der Waals surface area contributed by atoms with E-state index in [9.17, 15) is 4.79 Å². The minimum Gasteiger partial charge on any atom is -0.493 e. The van der Waals surface area contributed by atoms with Crippen molar-refractivity contribution in [2.45, 2.75) is 13.2 Å². The third-order valence-corrected chi connectivity index (χ3v) is 3.71. The maximum Gasteiger partial charge on any atom is 0.244 e. The quantitative estimate of drug-likeness (QED) is 0.690. The highest BCUT2D eigenvalue weighted by atomic mass is 16.5. The van der Waals surface area contributed by atoms with E-state index >= 15 is 0 Å². The van der Waals surface area contributed by atoms with Gasteiger partial charge in [-0.3, -0.25) is 4.79 Å². The Bertz CT molecular complexity index is 823. The molecule has 0 heterocycles. The zero-order valence-electron chi connectivity index (χ0n) is 15.4. The van der Waals surface area contributed by atoms with E-state index < -0.39 is 0 Å². The monoisotopic (exact) mass is 366 g/mol. The van der Waals surface area contributed by atoms with Crippen LogP contribution in [0.15, 0.2) is 48.5 Å². The molecule has 0 unspecified atom stereocenters. The topological polar surface area (TPSA) is 80.6 Å². The van der Waals surface area contributed by atoms with E-state index in [1.54, 1.807) is 31.4 Å². The van der Waals surface area contributed by atoms with Gasteiger partial charge in [0.1, 0.15) is 6.07 Å². The van der Waals surface area contributed by atoms with Crippen LogP contribution >= 0.6 is 0 Å². The minimum absolute atomic E-state index is 0.0552. The summed E-state index contributed by atoms with van der Waals surface area (Å²) in [7, 11) is 3.18. The smallest absolute Gasteiger partial charge is 0.244 e. The molecule has 0 bridgehead atoms. The first-order chi connectivity index (χ1) is 13.2. The molecule has 0 atom stereocenters. The van der Waals surface area contributed by atoms with Gasteiger partial charge < -0.3 is 19.5 Å². The number of hydrogen-bond acceptors (Lipinski definition) is 5. The third-order valence-electron chi connectivity index (χ3n) is 3.71. The van der Waals surface area contributed by atoms with Gasteiger partial charge in [0.05, 0.1) is 13.7 Å². The molecular weight excluding hydrogens is 344 g/mol. The van der Waals surface area contributed by atoms with Gasteiger partial charge in [-0.2, -0.15) is 5.26 Å². The van der Waals surface area contributed by atoms with Gasteiger partial charge in [0.25, 0.3) is 0 Å². The SMILES string of the molecule is COCc1ccc(CNC(=O)/C=C/c2ccc(OCC#N)c(OC)c2)cc1. The number of rotatable bonds is 9. The molecule has 6 nitrogen and oxygen atoms in total. The molecule has 0 saturated heterocycles. The van der Waals surface area contributed by atoms with Crippen molar-refractivity contribution in [3.8, 4) is 17.6 Å². The lowest BCUT2D eigenvalue weighted by Crippen LogP contribution is -2.20. The average Bonchev–Trinajstić information content (AvgIpc) is 2.70. The maximum atomic E-state index is 12.0. The lowest BCUT2D eigenvalue weighted by molar-refractivity contribution is -0.116. The fourth-order valence-electron chi connectivity index (χ4n) is 2.36. The number of methoxy groups -OCH3 is 2. The number of nitrogens with one attached hydrogen (secondary N) is 1. The highest BCUT2D eigenvalue weighted by molar-refractivity contribution is 5.91. The van der Waals surface area contributed by atoms with Crippen molar-refractivity contribution in [2.75, 3.05) is 20.8 Å². The van der Waals surface area contributed by atoms with Gasteiger partial charge in [0.2, 0.25) is 5.91 Å². The molecule has 0 fully saturated rings. The Labute approximate surface area is 159 Å². The molecule has 2 rings (SSSR count). The molecule has 2 aromatic carbocycles. The Morgan fingerprint density at radius 1 is 1.11 bits per heavy atom. The second kappa shape index (κ2) is 10.6. The summed E-state index contributed by atoms with van der Waals surface area (Å²) < 4.78 is 15.6. The molecule has 1 amide bonds. The van der Waals surface area contributed by atoms with Gasteiger partial charge in [-0.05, 0) is 34.9 Å². The highest BCUT2D eigenvalue weighted by Crippen LogP contribution is 2.28. The Morgan fingerprint density at radius 2 is 1.85 bits per heavy atom. The molecule has 0 aliphatic rings. The summed E-state index contributed by atoms with van der Waals surface area (Å²) >= 11 is 0. The van der Waals surface area contributed by atoms with Crippen molar-refractivity contribution in [1.82, 2.24) is 5.32 Å². The molecule has 6 heteroatoms. The zero-order valence-corrected chi connectivity index (χ0v) is 15.4. The van der Waals surface area contributed by atoms with E-state index in [0.29, 0.717) is 24.7 Å². The number of nitriles is 1. The van der Waals surface area contributed by atoms with Crippen LogP contribution in [0.1, 0.15) is 16.7 Å². The predicted octanol–water partition coefficient (Wildman–Crippen LogP) is 3.07. The fraction of sp³-hybridized carbons (Fsp3) is 0.238. The number of carbonyl (C=O) groups excluding carboxylic acids is 1. The van der Waals surface area contributed by atoms with Crippen LogP contribution < -0.4 is 14.8 Å². The molecular formula is C21H22N2O4. The molecule has 0 spiro atoms.